The van der Waals surface area contributed by atoms with Crippen LogP contribution < -0.4 is 5.32 Å². The largest absolute Gasteiger partial charge is 0.396 e. The summed E-state index contributed by atoms with van der Waals surface area (Å²) in [6, 6.07) is 1.45. The Morgan fingerprint density at radius 1 is 1.62 bits per heavy atom. The number of carbonyl (C=O) groups excluding carboxylic acids is 1. The number of aliphatic hydroxyl groups is 1. The maximum absolute atomic E-state index is 11.8. The molecular formula is C11H15ClN2O2. The number of amides is 1. The number of hydrogen-bond acceptors (Lipinski definition) is 3. The van der Waals surface area contributed by atoms with Crippen LogP contribution in [0.25, 0.3) is 0 Å². The van der Waals surface area contributed by atoms with Crippen molar-refractivity contribution in [1.29, 1.82) is 0 Å². The fourth-order valence-corrected chi connectivity index (χ4v) is 1.32. The standard InChI is InChI=1S/C11H15ClN2O2/c1-7(6-15)8(2)14-11(16)9-5-13-4-3-10(9)12/h3-5,7-8,15H,6H2,1-2H3,(H,14,16). The number of aliphatic hydroxyl groups excluding tert-OH is 1. The third-order valence-electron chi connectivity index (χ3n) is 2.51. The number of pyridine rings is 1. The molecule has 1 aromatic heterocycles. The maximum Gasteiger partial charge on any atom is 0.254 e. The Labute approximate surface area is 99.6 Å². The second kappa shape index (κ2) is 5.82. The highest BCUT2D eigenvalue weighted by atomic mass is 35.5. The lowest BCUT2D eigenvalue weighted by Gasteiger charge is -2.19. The molecule has 2 N–H and O–H groups in total. The predicted molar refractivity (Wildman–Crippen MR) is 62.4 cm³/mol. The second-order valence-electron chi connectivity index (χ2n) is 3.78. The Morgan fingerprint density at radius 3 is 2.88 bits per heavy atom. The zero-order valence-corrected chi connectivity index (χ0v) is 10.0. The molecule has 0 aliphatic carbocycles. The molecule has 0 spiro atoms. The summed E-state index contributed by atoms with van der Waals surface area (Å²) in [5.41, 5.74) is 0.348. The Kier molecular flexibility index (Phi) is 4.71. The SMILES string of the molecule is CC(CO)C(C)NC(=O)c1cnccc1Cl. The minimum absolute atomic E-state index is 0.000558. The number of halogens is 1. The number of nitrogens with zero attached hydrogens (tertiary/aromatic N) is 1. The van der Waals surface area contributed by atoms with Gasteiger partial charge < -0.3 is 10.4 Å². The normalized spacial score (nSPS) is 14.2. The summed E-state index contributed by atoms with van der Waals surface area (Å²) in [5.74, 6) is -0.273. The van der Waals surface area contributed by atoms with Crippen molar-refractivity contribution in [1.82, 2.24) is 10.3 Å². The highest BCUT2D eigenvalue weighted by Gasteiger charge is 2.16. The molecule has 0 aliphatic heterocycles. The molecular weight excluding hydrogens is 228 g/mol. The van der Waals surface area contributed by atoms with E-state index in [1.165, 1.54) is 12.4 Å². The molecule has 16 heavy (non-hydrogen) atoms. The van der Waals surface area contributed by atoms with Gasteiger partial charge in [0.25, 0.3) is 5.91 Å². The summed E-state index contributed by atoms with van der Waals surface area (Å²) in [7, 11) is 0. The first-order valence-electron chi connectivity index (χ1n) is 5.07. The molecule has 0 saturated heterocycles. The van der Waals surface area contributed by atoms with Crippen molar-refractivity contribution in [2.45, 2.75) is 19.9 Å². The summed E-state index contributed by atoms with van der Waals surface area (Å²) in [4.78, 5) is 15.6. The predicted octanol–water partition coefficient (Wildman–Crippen LogP) is 1.48. The lowest BCUT2D eigenvalue weighted by atomic mass is 10.0. The first-order valence-corrected chi connectivity index (χ1v) is 5.45. The van der Waals surface area contributed by atoms with E-state index in [9.17, 15) is 4.79 Å². The maximum atomic E-state index is 11.8. The van der Waals surface area contributed by atoms with E-state index < -0.39 is 0 Å². The number of rotatable bonds is 4. The number of hydrogen-bond donors (Lipinski definition) is 2. The molecule has 1 amide bonds. The Morgan fingerprint density at radius 2 is 2.31 bits per heavy atom. The lowest BCUT2D eigenvalue weighted by molar-refractivity contribution is 0.0916. The highest BCUT2D eigenvalue weighted by molar-refractivity contribution is 6.33. The van der Waals surface area contributed by atoms with Crippen molar-refractivity contribution < 1.29 is 9.90 Å². The van der Waals surface area contributed by atoms with Crippen molar-refractivity contribution in [2.75, 3.05) is 6.61 Å². The van der Waals surface area contributed by atoms with Gasteiger partial charge in [-0.3, -0.25) is 9.78 Å². The summed E-state index contributed by atoms with van der Waals surface area (Å²) in [6.07, 6.45) is 2.95. The van der Waals surface area contributed by atoms with Crippen LogP contribution in [-0.2, 0) is 0 Å². The molecule has 0 aliphatic rings. The zero-order chi connectivity index (χ0) is 12.1. The van der Waals surface area contributed by atoms with Gasteiger partial charge in [-0.15, -0.1) is 0 Å². The Balaban J connectivity index is 2.70. The van der Waals surface area contributed by atoms with Crippen molar-refractivity contribution in [2.24, 2.45) is 5.92 Å². The van der Waals surface area contributed by atoms with Crippen molar-refractivity contribution in [3.63, 3.8) is 0 Å². The minimum atomic E-state index is -0.272. The minimum Gasteiger partial charge on any atom is -0.396 e. The topological polar surface area (TPSA) is 62.2 Å². The third kappa shape index (κ3) is 3.18. The van der Waals surface area contributed by atoms with E-state index in [1.54, 1.807) is 6.07 Å². The zero-order valence-electron chi connectivity index (χ0n) is 9.27. The van der Waals surface area contributed by atoms with Crippen molar-refractivity contribution in [3.05, 3.63) is 29.0 Å². The van der Waals surface area contributed by atoms with Crippen molar-refractivity contribution in [3.8, 4) is 0 Å². The molecule has 1 heterocycles. The van der Waals surface area contributed by atoms with Gasteiger partial charge in [0.2, 0.25) is 0 Å². The molecule has 0 saturated carbocycles. The van der Waals surface area contributed by atoms with E-state index in [0.29, 0.717) is 10.6 Å². The Hall–Kier alpha value is -1.13. The van der Waals surface area contributed by atoms with E-state index in [1.807, 2.05) is 13.8 Å². The fourth-order valence-electron chi connectivity index (χ4n) is 1.13. The number of nitrogens with one attached hydrogen (secondary N) is 1. The molecule has 5 heteroatoms. The van der Waals surface area contributed by atoms with Crippen LogP contribution in [0.5, 0.6) is 0 Å². The summed E-state index contributed by atoms with van der Waals surface area (Å²) in [6.45, 7) is 3.72. The van der Waals surface area contributed by atoms with E-state index in [0.717, 1.165) is 0 Å². The number of carbonyl (C=O) groups is 1. The summed E-state index contributed by atoms with van der Waals surface area (Å²) < 4.78 is 0. The van der Waals surface area contributed by atoms with Gasteiger partial charge in [-0.2, -0.15) is 0 Å². The van der Waals surface area contributed by atoms with Crippen LogP contribution in [0.15, 0.2) is 18.5 Å². The summed E-state index contributed by atoms with van der Waals surface area (Å²) in [5, 5.41) is 12.1. The van der Waals surface area contributed by atoms with Crippen LogP contribution in [0.3, 0.4) is 0 Å². The van der Waals surface area contributed by atoms with E-state index >= 15 is 0 Å². The van der Waals surface area contributed by atoms with Crippen LogP contribution in [0.1, 0.15) is 24.2 Å². The van der Waals surface area contributed by atoms with Crippen LogP contribution in [0.2, 0.25) is 5.02 Å². The molecule has 1 aromatic rings. The van der Waals surface area contributed by atoms with E-state index in [4.69, 9.17) is 16.7 Å². The molecule has 0 bridgehead atoms. The average Bonchev–Trinajstić information content (AvgIpc) is 2.28. The van der Waals surface area contributed by atoms with Gasteiger partial charge in [-0.05, 0) is 18.9 Å². The van der Waals surface area contributed by atoms with Gasteiger partial charge in [-0.1, -0.05) is 18.5 Å². The fraction of sp³-hybridized carbons (Fsp3) is 0.455. The molecule has 0 fully saturated rings. The molecule has 2 unspecified atom stereocenters. The highest BCUT2D eigenvalue weighted by Crippen LogP contribution is 2.13. The number of aromatic nitrogens is 1. The molecule has 2 atom stereocenters. The Bertz CT molecular complexity index is 371. The van der Waals surface area contributed by atoms with Gasteiger partial charge >= 0.3 is 0 Å². The van der Waals surface area contributed by atoms with Crippen LogP contribution >= 0.6 is 11.6 Å². The van der Waals surface area contributed by atoms with Gasteiger partial charge in [0.1, 0.15) is 0 Å². The van der Waals surface area contributed by atoms with Crippen molar-refractivity contribution >= 4 is 17.5 Å². The van der Waals surface area contributed by atoms with Crippen LogP contribution in [0.4, 0.5) is 0 Å². The molecule has 4 nitrogen and oxygen atoms in total. The van der Waals surface area contributed by atoms with Crippen LogP contribution in [0, 0.1) is 5.92 Å². The van der Waals surface area contributed by atoms with Gasteiger partial charge in [0, 0.05) is 25.0 Å². The molecule has 0 aromatic carbocycles. The average molecular weight is 243 g/mol. The lowest BCUT2D eigenvalue weighted by Crippen LogP contribution is -2.38. The molecule has 0 radical (unpaired) electrons. The monoisotopic (exact) mass is 242 g/mol. The van der Waals surface area contributed by atoms with Gasteiger partial charge in [0.05, 0.1) is 10.6 Å². The van der Waals surface area contributed by atoms with E-state index in [2.05, 4.69) is 10.3 Å². The third-order valence-corrected chi connectivity index (χ3v) is 2.84. The first-order chi connectivity index (χ1) is 7.56. The molecule has 1 rings (SSSR count). The quantitative estimate of drug-likeness (QED) is 0.841. The second-order valence-corrected chi connectivity index (χ2v) is 4.18. The van der Waals surface area contributed by atoms with Gasteiger partial charge in [0.15, 0.2) is 0 Å². The van der Waals surface area contributed by atoms with Crippen LogP contribution in [-0.4, -0.2) is 28.6 Å². The summed E-state index contributed by atoms with van der Waals surface area (Å²) >= 11 is 5.87. The molecule has 88 valence electrons. The smallest absolute Gasteiger partial charge is 0.254 e. The van der Waals surface area contributed by atoms with Gasteiger partial charge in [-0.25, -0.2) is 0 Å². The van der Waals surface area contributed by atoms with E-state index in [-0.39, 0.29) is 24.5 Å². The first kappa shape index (κ1) is 12.9.